The van der Waals surface area contributed by atoms with Crippen LogP contribution in [0.3, 0.4) is 0 Å². The molecule has 0 aliphatic carbocycles. The van der Waals surface area contributed by atoms with Gasteiger partial charge in [-0.25, -0.2) is 0 Å². The maximum absolute atomic E-state index is 6.20. The van der Waals surface area contributed by atoms with E-state index in [0.29, 0.717) is 0 Å². The molecule has 1 N–H and O–H groups in total. The molecule has 0 saturated carbocycles. The van der Waals surface area contributed by atoms with E-state index in [2.05, 4.69) is 22.2 Å². The van der Waals surface area contributed by atoms with E-state index < -0.39 is 0 Å². The molecular weight excluding hydrogens is 238 g/mol. The summed E-state index contributed by atoms with van der Waals surface area (Å²) in [5.41, 5.74) is 0.244. The van der Waals surface area contributed by atoms with Crippen molar-refractivity contribution in [3.8, 4) is 0 Å². The molecule has 4 rings (SSSR count). The zero-order valence-corrected chi connectivity index (χ0v) is 12.1. The Labute approximate surface area is 116 Å². The number of fused-ring (bicyclic) bond motifs is 1. The SMILES string of the molecule is CN1CC2(CCC(CN3CC4CCNC4C3)CO2)C1. The Bertz CT molecular complexity index is 320. The van der Waals surface area contributed by atoms with Crippen LogP contribution in [-0.4, -0.2) is 74.4 Å². The second kappa shape index (κ2) is 4.69. The highest BCUT2D eigenvalue weighted by molar-refractivity contribution is 4.99. The van der Waals surface area contributed by atoms with Crippen molar-refractivity contribution < 1.29 is 4.74 Å². The molecule has 4 heterocycles. The summed E-state index contributed by atoms with van der Waals surface area (Å²) in [6, 6.07) is 0.788. The summed E-state index contributed by atoms with van der Waals surface area (Å²) < 4.78 is 6.20. The summed E-state index contributed by atoms with van der Waals surface area (Å²) in [7, 11) is 2.19. The zero-order valence-electron chi connectivity index (χ0n) is 12.1. The van der Waals surface area contributed by atoms with Crippen molar-refractivity contribution in [1.29, 1.82) is 0 Å². The fraction of sp³-hybridized carbons (Fsp3) is 1.00. The molecule has 4 aliphatic heterocycles. The average molecular weight is 265 g/mol. The molecular formula is C15H27N3O. The Morgan fingerprint density at radius 2 is 2.16 bits per heavy atom. The van der Waals surface area contributed by atoms with E-state index in [0.717, 1.165) is 37.6 Å². The van der Waals surface area contributed by atoms with E-state index in [1.54, 1.807) is 0 Å². The highest BCUT2D eigenvalue weighted by Gasteiger charge is 2.45. The number of rotatable bonds is 2. The summed E-state index contributed by atoms with van der Waals surface area (Å²) in [4.78, 5) is 5.05. The predicted octanol–water partition coefficient (Wildman–Crippen LogP) is 0.391. The first-order valence-electron chi connectivity index (χ1n) is 8.01. The van der Waals surface area contributed by atoms with E-state index in [1.807, 2.05) is 0 Å². The quantitative estimate of drug-likeness (QED) is 0.782. The van der Waals surface area contributed by atoms with Gasteiger partial charge in [-0.3, -0.25) is 0 Å². The Morgan fingerprint density at radius 1 is 1.26 bits per heavy atom. The Kier molecular flexibility index (Phi) is 3.10. The van der Waals surface area contributed by atoms with Crippen LogP contribution in [0.4, 0.5) is 0 Å². The van der Waals surface area contributed by atoms with E-state index in [-0.39, 0.29) is 5.60 Å². The van der Waals surface area contributed by atoms with Crippen LogP contribution in [0, 0.1) is 11.8 Å². The number of hydrogen-bond donors (Lipinski definition) is 1. The molecule has 3 atom stereocenters. The topological polar surface area (TPSA) is 27.7 Å². The van der Waals surface area contributed by atoms with Crippen molar-refractivity contribution in [1.82, 2.24) is 15.1 Å². The van der Waals surface area contributed by atoms with Crippen molar-refractivity contribution in [3.05, 3.63) is 0 Å². The fourth-order valence-corrected chi connectivity index (χ4v) is 4.70. The van der Waals surface area contributed by atoms with Crippen LogP contribution >= 0.6 is 0 Å². The highest BCUT2D eigenvalue weighted by Crippen LogP contribution is 2.36. The first-order chi connectivity index (χ1) is 9.22. The van der Waals surface area contributed by atoms with Crippen LogP contribution in [0.15, 0.2) is 0 Å². The van der Waals surface area contributed by atoms with Crippen LogP contribution in [-0.2, 0) is 4.74 Å². The van der Waals surface area contributed by atoms with Crippen molar-refractivity contribution in [3.63, 3.8) is 0 Å². The zero-order chi connectivity index (χ0) is 12.9. The normalized spacial score (nSPS) is 42.5. The number of likely N-dealkylation sites (tertiary alicyclic amines) is 2. The minimum atomic E-state index is 0.244. The lowest BCUT2D eigenvalue weighted by Crippen LogP contribution is -2.63. The van der Waals surface area contributed by atoms with E-state index >= 15 is 0 Å². The number of nitrogens with one attached hydrogen (secondary N) is 1. The van der Waals surface area contributed by atoms with Gasteiger partial charge in [-0.15, -0.1) is 0 Å². The van der Waals surface area contributed by atoms with Crippen LogP contribution in [0.5, 0.6) is 0 Å². The molecule has 0 aromatic heterocycles. The van der Waals surface area contributed by atoms with Crippen LogP contribution in [0.2, 0.25) is 0 Å². The van der Waals surface area contributed by atoms with Gasteiger partial charge in [0.2, 0.25) is 0 Å². The molecule has 4 aliphatic rings. The first kappa shape index (κ1) is 12.6. The van der Waals surface area contributed by atoms with Crippen LogP contribution < -0.4 is 5.32 Å². The van der Waals surface area contributed by atoms with Gasteiger partial charge >= 0.3 is 0 Å². The number of hydrogen-bond acceptors (Lipinski definition) is 4. The molecule has 0 radical (unpaired) electrons. The third kappa shape index (κ3) is 2.33. The molecule has 4 nitrogen and oxygen atoms in total. The van der Waals surface area contributed by atoms with E-state index in [9.17, 15) is 0 Å². The van der Waals surface area contributed by atoms with Crippen LogP contribution in [0.1, 0.15) is 19.3 Å². The summed E-state index contributed by atoms with van der Waals surface area (Å²) in [6.45, 7) is 8.39. The minimum Gasteiger partial charge on any atom is -0.372 e. The van der Waals surface area contributed by atoms with Crippen LogP contribution in [0.25, 0.3) is 0 Å². The summed E-state index contributed by atoms with van der Waals surface area (Å²) in [5.74, 6) is 1.70. The average Bonchev–Trinajstić information content (AvgIpc) is 2.91. The van der Waals surface area contributed by atoms with Gasteiger partial charge in [0.25, 0.3) is 0 Å². The van der Waals surface area contributed by atoms with E-state index in [1.165, 1.54) is 45.4 Å². The maximum atomic E-state index is 6.20. The molecule has 0 aromatic rings. The third-order valence-electron chi connectivity index (χ3n) is 5.70. The van der Waals surface area contributed by atoms with Crippen molar-refractivity contribution >= 4 is 0 Å². The first-order valence-corrected chi connectivity index (χ1v) is 8.01. The fourth-order valence-electron chi connectivity index (χ4n) is 4.70. The van der Waals surface area contributed by atoms with Gasteiger partial charge in [-0.05, 0) is 44.7 Å². The molecule has 19 heavy (non-hydrogen) atoms. The smallest absolute Gasteiger partial charge is 0.0934 e. The molecule has 0 bridgehead atoms. The molecule has 0 aromatic carbocycles. The Morgan fingerprint density at radius 3 is 2.84 bits per heavy atom. The second-order valence-electron chi connectivity index (χ2n) is 7.40. The van der Waals surface area contributed by atoms with Crippen molar-refractivity contribution in [2.24, 2.45) is 11.8 Å². The third-order valence-corrected chi connectivity index (χ3v) is 5.70. The van der Waals surface area contributed by atoms with Gasteiger partial charge in [0.15, 0.2) is 0 Å². The molecule has 1 spiro atoms. The largest absolute Gasteiger partial charge is 0.372 e. The van der Waals surface area contributed by atoms with E-state index in [4.69, 9.17) is 4.74 Å². The Hall–Kier alpha value is -0.160. The van der Waals surface area contributed by atoms with Gasteiger partial charge < -0.3 is 19.9 Å². The summed E-state index contributed by atoms with van der Waals surface area (Å²) >= 11 is 0. The Balaban J connectivity index is 1.25. The lowest BCUT2D eigenvalue weighted by Gasteiger charge is -2.51. The number of nitrogens with zero attached hydrogens (tertiary/aromatic N) is 2. The van der Waals surface area contributed by atoms with Gasteiger partial charge in [0.05, 0.1) is 12.2 Å². The molecule has 4 saturated heterocycles. The lowest BCUT2D eigenvalue weighted by molar-refractivity contribution is -0.174. The monoisotopic (exact) mass is 265 g/mol. The number of likely N-dealkylation sites (N-methyl/N-ethyl adjacent to an activating group) is 1. The second-order valence-corrected chi connectivity index (χ2v) is 7.40. The summed E-state index contributed by atoms with van der Waals surface area (Å²) in [5, 5.41) is 3.64. The van der Waals surface area contributed by atoms with Gasteiger partial charge in [0, 0.05) is 38.8 Å². The molecule has 4 heteroatoms. The minimum absolute atomic E-state index is 0.244. The lowest BCUT2D eigenvalue weighted by atomic mass is 9.83. The van der Waals surface area contributed by atoms with Crippen molar-refractivity contribution in [2.45, 2.75) is 30.9 Å². The molecule has 108 valence electrons. The predicted molar refractivity (Wildman–Crippen MR) is 75.2 cm³/mol. The van der Waals surface area contributed by atoms with Crippen molar-refractivity contribution in [2.75, 3.05) is 52.9 Å². The number of ether oxygens (including phenoxy) is 1. The highest BCUT2D eigenvalue weighted by atomic mass is 16.5. The van der Waals surface area contributed by atoms with Gasteiger partial charge in [-0.2, -0.15) is 0 Å². The molecule has 3 unspecified atom stereocenters. The standard InChI is InChI=1S/C15H27N3O/c1-17-10-15(11-17)4-2-12(9-19-15)6-18-7-13-3-5-16-14(13)8-18/h12-14,16H,2-11H2,1H3. The van der Waals surface area contributed by atoms with Gasteiger partial charge in [0.1, 0.15) is 0 Å². The summed E-state index contributed by atoms with van der Waals surface area (Å²) in [6.07, 6.45) is 4.03. The molecule has 4 fully saturated rings. The molecule has 0 amide bonds. The maximum Gasteiger partial charge on any atom is 0.0934 e. The van der Waals surface area contributed by atoms with Gasteiger partial charge in [-0.1, -0.05) is 0 Å².